The van der Waals surface area contributed by atoms with Crippen molar-refractivity contribution in [3.8, 4) is 21.0 Å². The van der Waals surface area contributed by atoms with E-state index in [1.165, 1.54) is 24.3 Å². The van der Waals surface area contributed by atoms with E-state index in [-0.39, 0.29) is 17.2 Å². The minimum absolute atomic E-state index is 0.0100. The van der Waals surface area contributed by atoms with E-state index in [0.717, 1.165) is 26.6 Å². The molecule has 0 atom stereocenters. The van der Waals surface area contributed by atoms with Gasteiger partial charge in [0.1, 0.15) is 5.01 Å². The highest BCUT2D eigenvalue weighted by atomic mass is 32.2. The highest BCUT2D eigenvalue weighted by Gasteiger charge is 2.17. The minimum Gasteiger partial charge on any atom is -0.326 e. The molecule has 0 saturated heterocycles. The molecule has 6 nitrogen and oxygen atoms in total. The lowest BCUT2D eigenvalue weighted by atomic mass is 10.1. The molecular weight excluding hydrogens is 442 g/mol. The molecule has 0 spiro atoms. The van der Waals surface area contributed by atoms with Gasteiger partial charge in [-0.05, 0) is 36.8 Å². The summed E-state index contributed by atoms with van der Waals surface area (Å²) in [5, 5.41) is 8.76. The van der Waals surface area contributed by atoms with Crippen LogP contribution in [0.4, 0.5) is 5.69 Å². The van der Waals surface area contributed by atoms with Gasteiger partial charge in [-0.3, -0.25) is 4.79 Å². The van der Waals surface area contributed by atoms with Crippen molar-refractivity contribution in [1.29, 1.82) is 0 Å². The van der Waals surface area contributed by atoms with E-state index < -0.39 is 10.0 Å². The zero-order valence-corrected chi connectivity index (χ0v) is 18.9. The van der Waals surface area contributed by atoms with Gasteiger partial charge < -0.3 is 5.32 Å². The average molecular weight is 464 g/mol. The normalized spacial score (nSPS) is 11.3. The van der Waals surface area contributed by atoms with Crippen LogP contribution in [0.3, 0.4) is 0 Å². The first-order chi connectivity index (χ1) is 15.3. The smallest absolute Gasteiger partial charge is 0.238 e. The summed E-state index contributed by atoms with van der Waals surface area (Å²) in [6, 6.07) is 23.7. The summed E-state index contributed by atoms with van der Waals surface area (Å²) in [7, 11) is -3.78. The molecule has 3 aromatic carbocycles. The molecule has 1 aromatic heterocycles. The van der Waals surface area contributed by atoms with Crippen molar-refractivity contribution in [3.63, 3.8) is 0 Å². The first kappa shape index (κ1) is 21.9. The number of hydrogen-bond donors (Lipinski definition) is 2. The van der Waals surface area contributed by atoms with Gasteiger partial charge in [0.15, 0.2) is 0 Å². The number of aryl methyl sites for hydroxylation is 1. The monoisotopic (exact) mass is 463 g/mol. The fourth-order valence-corrected chi connectivity index (χ4v) is 4.80. The lowest BCUT2D eigenvalue weighted by Gasteiger charge is -2.07. The Bertz CT molecular complexity index is 1350. The predicted molar refractivity (Wildman–Crippen MR) is 128 cm³/mol. The zero-order valence-electron chi connectivity index (χ0n) is 17.3. The van der Waals surface area contributed by atoms with Gasteiger partial charge in [0.2, 0.25) is 15.9 Å². The molecule has 1 amide bonds. The maximum Gasteiger partial charge on any atom is 0.238 e. The second kappa shape index (κ2) is 9.04. The van der Waals surface area contributed by atoms with Crippen LogP contribution in [0.15, 0.2) is 83.8 Å². The van der Waals surface area contributed by atoms with Crippen molar-refractivity contribution in [1.82, 2.24) is 4.98 Å². The van der Waals surface area contributed by atoms with Crippen LogP contribution in [-0.4, -0.2) is 19.3 Å². The summed E-state index contributed by atoms with van der Waals surface area (Å²) < 4.78 is 22.8. The second-order valence-corrected chi connectivity index (χ2v) is 9.88. The van der Waals surface area contributed by atoms with Gasteiger partial charge in [-0.25, -0.2) is 18.5 Å². The fourth-order valence-electron chi connectivity index (χ4n) is 3.19. The fraction of sp³-hybridized carbons (Fsp3) is 0.0833. The van der Waals surface area contributed by atoms with Gasteiger partial charge in [-0.15, -0.1) is 11.3 Å². The number of carbonyl (C=O) groups excluding carboxylic acids is 1. The van der Waals surface area contributed by atoms with Crippen LogP contribution in [0.25, 0.3) is 21.0 Å². The van der Waals surface area contributed by atoms with Crippen molar-refractivity contribution < 1.29 is 13.2 Å². The Morgan fingerprint density at radius 3 is 2.22 bits per heavy atom. The summed E-state index contributed by atoms with van der Waals surface area (Å²) in [5.74, 6) is -0.244. The van der Waals surface area contributed by atoms with Gasteiger partial charge in [0.25, 0.3) is 0 Å². The average Bonchev–Trinajstić information content (AvgIpc) is 3.18. The van der Waals surface area contributed by atoms with Crippen LogP contribution in [0, 0.1) is 6.92 Å². The van der Waals surface area contributed by atoms with E-state index in [2.05, 4.69) is 5.32 Å². The molecule has 1 heterocycles. The number of amides is 1. The number of anilines is 1. The Hall–Kier alpha value is -3.33. The molecular formula is C24H21N3O3S2. The summed E-state index contributed by atoms with van der Waals surface area (Å²) in [5.41, 5.74) is 4.34. The molecule has 32 heavy (non-hydrogen) atoms. The molecule has 4 aromatic rings. The van der Waals surface area contributed by atoms with Crippen molar-refractivity contribution in [3.05, 3.63) is 90.1 Å². The number of rotatable bonds is 6. The molecule has 8 heteroatoms. The first-order valence-corrected chi connectivity index (χ1v) is 12.2. The van der Waals surface area contributed by atoms with E-state index in [1.54, 1.807) is 11.3 Å². The predicted octanol–water partition coefficient (Wildman–Crippen LogP) is 4.61. The number of nitrogens with one attached hydrogen (secondary N) is 1. The third-order valence-corrected chi connectivity index (χ3v) is 6.95. The zero-order chi connectivity index (χ0) is 22.7. The maximum atomic E-state index is 12.8. The molecule has 4 rings (SSSR count). The van der Waals surface area contributed by atoms with Gasteiger partial charge in [-0.1, -0.05) is 60.2 Å². The largest absolute Gasteiger partial charge is 0.326 e. The van der Waals surface area contributed by atoms with Crippen LogP contribution >= 0.6 is 11.3 Å². The molecule has 0 fully saturated rings. The highest BCUT2D eigenvalue weighted by Crippen LogP contribution is 2.36. The Kier molecular flexibility index (Phi) is 6.18. The van der Waals surface area contributed by atoms with Crippen molar-refractivity contribution in [2.45, 2.75) is 18.2 Å². The van der Waals surface area contributed by atoms with Crippen molar-refractivity contribution >= 4 is 33.0 Å². The van der Waals surface area contributed by atoms with E-state index in [0.29, 0.717) is 11.4 Å². The highest BCUT2D eigenvalue weighted by molar-refractivity contribution is 7.89. The van der Waals surface area contributed by atoms with E-state index in [1.807, 2.05) is 61.5 Å². The van der Waals surface area contributed by atoms with Crippen LogP contribution in [0.1, 0.15) is 11.3 Å². The Labute approximate surface area is 190 Å². The molecule has 0 aliphatic heterocycles. The topological polar surface area (TPSA) is 102 Å². The number of hydrogen-bond acceptors (Lipinski definition) is 5. The quantitative estimate of drug-likeness (QED) is 0.436. The number of nitrogens with two attached hydrogens (primary N) is 1. The third kappa shape index (κ3) is 5.11. The molecule has 0 unspecified atom stereocenters. The number of carbonyl (C=O) groups is 1. The number of thiazole rings is 1. The summed E-state index contributed by atoms with van der Waals surface area (Å²) in [6.07, 6.45) is 0.0868. The van der Waals surface area contributed by atoms with E-state index >= 15 is 0 Å². The Morgan fingerprint density at radius 2 is 1.59 bits per heavy atom. The summed E-state index contributed by atoms with van der Waals surface area (Å²) >= 11 is 1.55. The van der Waals surface area contributed by atoms with Gasteiger partial charge >= 0.3 is 0 Å². The molecule has 0 saturated carbocycles. The molecule has 3 N–H and O–H groups in total. The number of benzene rings is 3. The first-order valence-electron chi connectivity index (χ1n) is 9.84. The standard InChI is InChI=1S/C24H21N3O3S2/c1-16-7-9-17(10-8-16)23-21(27-24(31-23)18-5-3-2-4-6-18)15-22(28)26-19-11-13-20(14-12-19)32(25,29)30/h2-14H,15H2,1H3,(H,26,28)(H2,25,29,30). The van der Waals surface area contributed by atoms with E-state index in [4.69, 9.17) is 10.1 Å². The van der Waals surface area contributed by atoms with Gasteiger partial charge in [0.05, 0.1) is 21.9 Å². The third-order valence-electron chi connectivity index (χ3n) is 4.83. The molecule has 162 valence electrons. The molecule has 0 aliphatic carbocycles. The van der Waals surface area contributed by atoms with E-state index in [9.17, 15) is 13.2 Å². The van der Waals surface area contributed by atoms with Gasteiger partial charge in [-0.2, -0.15) is 0 Å². The SMILES string of the molecule is Cc1ccc(-c2sc(-c3ccccc3)nc2CC(=O)Nc2ccc(S(N)(=O)=O)cc2)cc1. The second-order valence-electron chi connectivity index (χ2n) is 7.32. The van der Waals surface area contributed by atoms with Crippen LogP contribution in [0.2, 0.25) is 0 Å². The van der Waals surface area contributed by atoms with Crippen LogP contribution in [-0.2, 0) is 21.2 Å². The van der Waals surface area contributed by atoms with Crippen molar-refractivity contribution in [2.75, 3.05) is 5.32 Å². The lowest BCUT2D eigenvalue weighted by molar-refractivity contribution is -0.115. The minimum atomic E-state index is -3.78. The summed E-state index contributed by atoms with van der Waals surface area (Å²) in [4.78, 5) is 18.5. The molecule has 0 aliphatic rings. The summed E-state index contributed by atoms with van der Waals surface area (Å²) in [6.45, 7) is 2.03. The van der Waals surface area contributed by atoms with Gasteiger partial charge in [0, 0.05) is 11.3 Å². The number of sulfonamides is 1. The molecule has 0 radical (unpaired) electrons. The van der Waals surface area contributed by atoms with Crippen LogP contribution < -0.4 is 10.5 Å². The van der Waals surface area contributed by atoms with Crippen LogP contribution in [0.5, 0.6) is 0 Å². The van der Waals surface area contributed by atoms with Crippen molar-refractivity contribution in [2.24, 2.45) is 5.14 Å². The maximum absolute atomic E-state index is 12.8. The number of primary sulfonamides is 1. The Balaban J connectivity index is 1.61. The number of aromatic nitrogens is 1. The Morgan fingerprint density at radius 1 is 0.938 bits per heavy atom. The number of nitrogens with zero attached hydrogens (tertiary/aromatic N) is 1. The molecule has 0 bridgehead atoms. The lowest BCUT2D eigenvalue weighted by Crippen LogP contribution is -2.16.